The van der Waals surface area contributed by atoms with Crippen molar-refractivity contribution in [2.24, 2.45) is 0 Å². The number of hydrogen-bond acceptors (Lipinski definition) is 5. The van der Waals surface area contributed by atoms with E-state index >= 15 is 0 Å². The average molecular weight is 437 g/mol. The van der Waals surface area contributed by atoms with E-state index in [1.807, 2.05) is 80.0 Å². The Kier molecular flexibility index (Phi) is 5.85. The van der Waals surface area contributed by atoms with Gasteiger partial charge in [-0.25, -0.2) is 9.50 Å². The zero-order chi connectivity index (χ0) is 22.1. The first kappa shape index (κ1) is 21.2. The number of aromatic nitrogens is 3. The van der Waals surface area contributed by atoms with Crippen LogP contribution in [0.4, 0.5) is 5.69 Å². The van der Waals surface area contributed by atoms with Gasteiger partial charge < -0.3 is 14.7 Å². The normalized spacial score (nSPS) is 12.2. The second-order valence-electron chi connectivity index (χ2n) is 7.61. The largest absolute Gasteiger partial charge is 0.497 e. The number of aliphatic hydroxyl groups is 1. The zero-order valence-corrected chi connectivity index (χ0v) is 18.8. The van der Waals surface area contributed by atoms with Gasteiger partial charge in [0.1, 0.15) is 12.0 Å². The highest BCUT2D eigenvalue weighted by Crippen LogP contribution is 2.30. The van der Waals surface area contributed by atoms with Crippen molar-refractivity contribution in [1.29, 1.82) is 0 Å². The second kappa shape index (κ2) is 8.57. The van der Waals surface area contributed by atoms with Gasteiger partial charge in [-0.05, 0) is 62.4 Å². The van der Waals surface area contributed by atoms with Gasteiger partial charge in [0.05, 0.1) is 12.8 Å². The predicted molar refractivity (Wildman–Crippen MR) is 124 cm³/mol. The number of ether oxygens (including phenoxy) is 1. The Morgan fingerprint density at radius 3 is 2.55 bits per heavy atom. The van der Waals surface area contributed by atoms with E-state index in [1.165, 1.54) is 0 Å². The molecule has 1 N–H and O–H groups in total. The number of aryl methyl sites for hydroxylation is 2. The minimum absolute atomic E-state index is 0.351. The summed E-state index contributed by atoms with van der Waals surface area (Å²) in [6.45, 7) is 3.97. The maximum atomic E-state index is 11.1. The second-order valence-corrected chi connectivity index (χ2v) is 8.04. The topological polar surface area (TPSA) is 62.9 Å². The molecule has 0 spiro atoms. The molecule has 31 heavy (non-hydrogen) atoms. The van der Waals surface area contributed by atoms with Crippen molar-refractivity contribution in [3.8, 4) is 17.0 Å². The van der Waals surface area contributed by atoms with E-state index < -0.39 is 6.23 Å². The fourth-order valence-electron chi connectivity index (χ4n) is 3.72. The maximum absolute atomic E-state index is 11.1. The number of halogens is 1. The molecule has 0 fully saturated rings. The minimum atomic E-state index is -0.786. The van der Waals surface area contributed by atoms with Crippen LogP contribution in [-0.4, -0.2) is 40.1 Å². The minimum Gasteiger partial charge on any atom is -0.497 e. The smallest absolute Gasteiger partial charge is 0.159 e. The van der Waals surface area contributed by atoms with Crippen molar-refractivity contribution in [2.75, 3.05) is 19.1 Å². The fourth-order valence-corrected chi connectivity index (χ4v) is 3.91. The Labute approximate surface area is 186 Å². The van der Waals surface area contributed by atoms with Crippen molar-refractivity contribution < 1.29 is 9.84 Å². The Balaban J connectivity index is 1.79. The summed E-state index contributed by atoms with van der Waals surface area (Å²) in [6.07, 6.45) is -0.435. The van der Waals surface area contributed by atoms with Crippen molar-refractivity contribution >= 4 is 22.9 Å². The first-order valence-electron chi connectivity index (χ1n) is 10.0. The van der Waals surface area contributed by atoms with Crippen LogP contribution in [0.15, 0.2) is 54.6 Å². The molecule has 0 bridgehead atoms. The number of hydrogen-bond donors (Lipinski definition) is 1. The monoisotopic (exact) mass is 436 g/mol. The molecule has 2 aromatic carbocycles. The van der Waals surface area contributed by atoms with Gasteiger partial charge in [-0.2, -0.15) is 5.10 Å². The lowest BCUT2D eigenvalue weighted by molar-refractivity contribution is 0.175. The molecule has 0 amide bonds. The Morgan fingerprint density at radius 1 is 1.13 bits per heavy atom. The van der Waals surface area contributed by atoms with E-state index in [9.17, 15) is 5.11 Å². The summed E-state index contributed by atoms with van der Waals surface area (Å²) in [5, 5.41) is 16.5. The molecule has 1 unspecified atom stereocenters. The number of nitrogens with zero attached hydrogens (tertiary/aromatic N) is 4. The van der Waals surface area contributed by atoms with Crippen molar-refractivity contribution in [3.05, 3.63) is 76.6 Å². The third-order valence-electron chi connectivity index (χ3n) is 5.40. The van der Waals surface area contributed by atoms with Gasteiger partial charge in [0.15, 0.2) is 5.65 Å². The molecule has 6 nitrogen and oxygen atoms in total. The summed E-state index contributed by atoms with van der Waals surface area (Å²) in [5.41, 5.74) is 6.10. The molecule has 7 heteroatoms. The Bertz CT molecular complexity index is 1220. The van der Waals surface area contributed by atoms with Gasteiger partial charge in [-0.1, -0.05) is 17.7 Å². The number of fused-ring (bicyclic) bond motifs is 1. The van der Waals surface area contributed by atoms with Gasteiger partial charge in [0.2, 0.25) is 0 Å². The standard InChI is InChI=1S/C24H25ClN4O2/c1-15-12-16(2)29-24(26-15)21(23(27-29)17-8-10-20(31-4)11-9-17)14-22(30)28(3)19-7-5-6-18(25)13-19/h5-13,22,30H,14H2,1-4H3. The van der Waals surface area contributed by atoms with Crippen LogP contribution in [0.5, 0.6) is 5.75 Å². The SMILES string of the molecule is COc1ccc(-c2nn3c(C)cc(C)nc3c2CC(O)N(C)c2cccc(Cl)c2)cc1. The van der Waals surface area contributed by atoms with Crippen molar-refractivity contribution in [2.45, 2.75) is 26.5 Å². The van der Waals surface area contributed by atoms with Crippen LogP contribution >= 0.6 is 11.6 Å². The fraction of sp³-hybridized carbons (Fsp3) is 0.250. The van der Waals surface area contributed by atoms with Crippen LogP contribution < -0.4 is 9.64 Å². The maximum Gasteiger partial charge on any atom is 0.159 e. The van der Waals surface area contributed by atoms with Crippen LogP contribution in [0, 0.1) is 13.8 Å². The Morgan fingerprint density at radius 2 is 1.87 bits per heavy atom. The van der Waals surface area contributed by atoms with E-state index in [0.29, 0.717) is 11.4 Å². The van der Waals surface area contributed by atoms with Gasteiger partial charge in [0.25, 0.3) is 0 Å². The van der Waals surface area contributed by atoms with Crippen molar-refractivity contribution in [1.82, 2.24) is 14.6 Å². The highest BCUT2D eigenvalue weighted by atomic mass is 35.5. The summed E-state index contributed by atoms with van der Waals surface area (Å²) >= 11 is 6.14. The van der Waals surface area contributed by atoms with Crippen LogP contribution in [0.2, 0.25) is 5.02 Å². The molecule has 1 atom stereocenters. The lowest BCUT2D eigenvalue weighted by atomic mass is 10.0. The van der Waals surface area contributed by atoms with Gasteiger partial charge in [-0.15, -0.1) is 0 Å². The first-order chi connectivity index (χ1) is 14.9. The van der Waals surface area contributed by atoms with Gasteiger partial charge >= 0.3 is 0 Å². The number of methoxy groups -OCH3 is 1. The van der Waals surface area contributed by atoms with Crippen LogP contribution in [0.25, 0.3) is 16.9 Å². The summed E-state index contributed by atoms with van der Waals surface area (Å²) in [7, 11) is 3.49. The quantitative estimate of drug-likeness (QED) is 0.445. The summed E-state index contributed by atoms with van der Waals surface area (Å²) in [5.74, 6) is 0.778. The molecule has 0 radical (unpaired) electrons. The first-order valence-corrected chi connectivity index (χ1v) is 10.4. The number of rotatable bonds is 6. The van der Waals surface area contributed by atoms with E-state index in [4.69, 9.17) is 26.4 Å². The number of benzene rings is 2. The molecular formula is C24H25ClN4O2. The third kappa shape index (κ3) is 4.22. The zero-order valence-electron chi connectivity index (χ0n) is 18.0. The molecule has 2 heterocycles. The lowest BCUT2D eigenvalue weighted by Crippen LogP contribution is -2.33. The molecule has 4 rings (SSSR count). The van der Waals surface area contributed by atoms with Crippen LogP contribution in [-0.2, 0) is 6.42 Å². The number of anilines is 1. The summed E-state index contributed by atoms with van der Waals surface area (Å²) < 4.78 is 7.13. The molecule has 0 aliphatic carbocycles. The highest BCUT2D eigenvalue weighted by molar-refractivity contribution is 6.30. The molecule has 0 saturated heterocycles. The third-order valence-corrected chi connectivity index (χ3v) is 5.64. The van der Waals surface area contributed by atoms with E-state index in [-0.39, 0.29) is 0 Å². The number of likely N-dealkylation sites (N-methyl/N-ethyl adjacent to an activating group) is 1. The molecule has 160 valence electrons. The molecule has 2 aromatic heterocycles. The average Bonchev–Trinajstić information content (AvgIpc) is 3.11. The molecular weight excluding hydrogens is 412 g/mol. The van der Waals surface area contributed by atoms with Crippen LogP contribution in [0.1, 0.15) is 17.0 Å². The van der Waals surface area contributed by atoms with Crippen molar-refractivity contribution in [3.63, 3.8) is 0 Å². The highest BCUT2D eigenvalue weighted by Gasteiger charge is 2.22. The molecule has 0 saturated carbocycles. The molecule has 0 aliphatic heterocycles. The van der Waals surface area contributed by atoms with E-state index in [2.05, 4.69) is 0 Å². The molecule has 0 aliphatic rings. The number of aliphatic hydroxyl groups excluding tert-OH is 1. The summed E-state index contributed by atoms with van der Waals surface area (Å²) in [4.78, 5) is 6.54. The van der Waals surface area contributed by atoms with E-state index in [0.717, 1.165) is 45.3 Å². The summed E-state index contributed by atoms with van der Waals surface area (Å²) in [6, 6.07) is 17.2. The Hall–Kier alpha value is -3.09. The van der Waals surface area contributed by atoms with E-state index in [1.54, 1.807) is 12.0 Å². The van der Waals surface area contributed by atoms with Crippen LogP contribution in [0.3, 0.4) is 0 Å². The van der Waals surface area contributed by atoms with Gasteiger partial charge in [0, 0.05) is 46.7 Å². The molecule has 4 aromatic rings. The van der Waals surface area contributed by atoms with Gasteiger partial charge in [-0.3, -0.25) is 0 Å². The lowest BCUT2D eigenvalue weighted by Gasteiger charge is -2.26. The predicted octanol–water partition coefficient (Wildman–Crippen LogP) is 4.67.